The van der Waals surface area contributed by atoms with E-state index in [9.17, 15) is 4.79 Å². The van der Waals surface area contributed by atoms with Gasteiger partial charge in [0.05, 0.1) is 0 Å². The molecule has 1 saturated heterocycles. The Morgan fingerprint density at radius 2 is 1.91 bits per heavy atom. The molecule has 2 aromatic rings. The van der Waals surface area contributed by atoms with E-state index in [0.717, 1.165) is 12.2 Å². The lowest BCUT2D eigenvalue weighted by atomic mass is 10.1. The Morgan fingerprint density at radius 3 is 2.61 bits per heavy atom. The second-order valence-corrected chi connectivity index (χ2v) is 6.20. The van der Waals surface area contributed by atoms with Crippen molar-refractivity contribution >= 4 is 29.0 Å². The average molecular weight is 330 g/mol. The number of nitrogens with one attached hydrogen (secondary N) is 1. The van der Waals surface area contributed by atoms with Crippen LogP contribution in [0.5, 0.6) is 0 Å². The van der Waals surface area contributed by atoms with Gasteiger partial charge in [-0.1, -0.05) is 35.9 Å². The highest BCUT2D eigenvalue weighted by molar-refractivity contribution is 6.30. The van der Waals surface area contributed by atoms with Crippen molar-refractivity contribution in [2.24, 2.45) is 0 Å². The molecule has 120 valence electrons. The average Bonchev–Trinajstić information content (AvgIpc) is 2.55. The van der Waals surface area contributed by atoms with E-state index in [0.29, 0.717) is 18.1 Å². The quantitative estimate of drug-likeness (QED) is 0.901. The standard InChI is InChI=1S/C18H20ClN3O/c1-14-13-21(10-11-22(14)17-8-3-2-4-9-17)18(23)20-16-7-5-6-15(19)12-16/h2-9,12,14H,10-11,13H2,1H3,(H,20,23). The van der Waals surface area contributed by atoms with Crippen LogP contribution in [0.1, 0.15) is 6.92 Å². The molecule has 4 nitrogen and oxygen atoms in total. The van der Waals surface area contributed by atoms with Crippen molar-refractivity contribution in [3.8, 4) is 0 Å². The lowest BCUT2D eigenvalue weighted by molar-refractivity contribution is 0.200. The van der Waals surface area contributed by atoms with Crippen LogP contribution in [0.25, 0.3) is 0 Å². The molecule has 1 aliphatic rings. The summed E-state index contributed by atoms with van der Waals surface area (Å²) in [5.41, 5.74) is 1.93. The lowest BCUT2D eigenvalue weighted by Gasteiger charge is -2.41. The number of carbonyl (C=O) groups is 1. The Labute approximate surface area is 141 Å². The molecule has 1 atom stereocenters. The molecule has 0 aliphatic carbocycles. The van der Waals surface area contributed by atoms with Crippen LogP contribution < -0.4 is 10.2 Å². The first-order valence-corrected chi connectivity index (χ1v) is 8.14. The fourth-order valence-electron chi connectivity index (χ4n) is 2.91. The fourth-order valence-corrected chi connectivity index (χ4v) is 3.10. The van der Waals surface area contributed by atoms with Crippen molar-refractivity contribution in [1.82, 2.24) is 4.90 Å². The Hall–Kier alpha value is -2.20. The zero-order valence-corrected chi connectivity index (χ0v) is 13.8. The van der Waals surface area contributed by atoms with Gasteiger partial charge in [0.25, 0.3) is 0 Å². The van der Waals surface area contributed by atoms with Crippen LogP contribution in [0.2, 0.25) is 5.02 Å². The molecule has 0 bridgehead atoms. The number of anilines is 2. The molecule has 23 heavy (non-hydrogen) atoms. The van der Waals surface area contributed by atoms with Crippen molar-refractivity contribution in [3.63, 3.8) is 0 Å². The minimum absolute atomic E-state index is 0.0770. The van der Waals surface area contributed by atoms with Crippen LogP contribution >= 0.6 is 11.6 Å². The zero-order valence-electron chi connectivity index (χ0n) is 13.1. The third kappa shape index (κ3) is 3.77. The van der Waals surface area contributed by atoms with Crippen LogP contribution in [0.3, 0.4) is 0 Å². The smallest absolute Gasteiger partial charge is 0.321 e. The van der Waals surface area contributed by atoms with Gasteiger partial charge in [-0.15, -0.1) is 0 Å². The Morgan fingerprint density at radius 1 is 1.13 bits per heavy atom. The van der Waals surface area contributed by atoms with Gasteiger partial charge in [0.15, 0.2) is 0 Å². The van der Waals surface area contributed by atoms with Gasteiger partial charge in [0, 0.05) is 42.1 Å². The van der Waals surface area contributed by atoms with Gasteiger partial charge in [0.2, 0.25) is 0 Å². The van der Waals surface area contributed by atoms with Gasteiger partial charge < -0.3 is 15.1 Å². The molecule has 1 unspecified atom stereocenters. The summed E-state index contributed by atoms with van der Waals surface area (Å²) in [6.07, 6.45) is 0. The minimum Gasteiger partial charge on any atom is -0.365 e. The maximum absolute atomic E-state index is 12.4. The number of hydrogen-bond donors (Lipinski definition) is 1. The molecular weight excluding hydrogens is 310 g/mol. The summed E-state index contributed by atoms with van der Waals surface area (Å²) < 4.78 is 0. The van der Waals surface area contributed by atoms with Crippen molar-refractivity contribution < 1.29 is 4.79 Å². The van der Waals surface area contributed by atoms with Crippen LogP contribution in [0.4, 0.5) is 16.2 Å². The monoisotopic (exact) mass is 329 g/mol. The molecule has 5 heteroatoms. The molecule has 0 aromatic heterocycles. The molecule has 1 fully saturated rings. The largest absolute Gasteiger partial charge is 0.365 e. The fraction of sp³-hybridized carbons (Fsp3) is 0.278. The second kappa shape index (κ2) is 6.92. The van der Waals surface area contributed by atoms with Crippen LogP contribution in [-0.2, 0) is 0 Å². The highest BCUT2D eigenvalue weighted by atomic mass is 35.5. The third-order valence-electron chi connectivity index (χ3n) is 4.08. The van der Waals surface area contributed by atoms with Gasteiger partial charge in [-0.3, -0.25) is 0 Å². The number of para-hydroxylation sites is 1. The summed E-state index contributed by atoms with van der Waals surface area (Å²) in [7, 11) is 0. The molecule has 1 N–H and O–H groups in total. The number of halogens is 1. The number of carbonyl (C=O) groups excluding carboxylic acids is 1. The van der Waals surface area contributed by atoms with Crippen LogP contribution in [0.15, 0.2) is 54.6 Å². The van der Waals surface area contributed by atoms with Crippen molar-refractivity contribution in [3.05, 3.63) is 59.6 Å². The van der Waals surface area contributed by atoms with E-state index in [1.54, 1.807) is 12.1 Å². The SMILES string of the molecule is CC1CN(C(=O)Nc2cccc(Cl)c2)CCN1c1ccccc1. The highest BCUT2D eigenvalue weighted by Crippen LogP contribution is 2.21. The number of rotatable bonds is 2. The lowest BCUT2D eigenvalue weighted by Crippen LogP contribution is -2.54. The van der Waals surface area contributed by atoms with E-state index in [1.807, 2.05) is 35.2 Å². The number of amides is 2. The summed E-state index contributed by atoms with van der Waals surface area (Å²) in [6.45, 7) is 4.37. The highest BCUT2D eigenvalue weighted by Gasteiger charge is 2.26. The number of urea groups is 1. The van der Waals surface area contributed by atoms with Gasteiger partial charge in [-0.25, -0.2) is 4.79 Å². The third-order valence-corrected chi connectivity index (χ3v) is 4.31. The Bertz CT molecular complexity index is 677. The Kier molecular flexibility index (Phi) is 4.72. The zero-order chi connectivity index (χ0) is 16.2. The second-order valence-electron chi connectivity index (χ2n) is 5.76. The van der Waals surface area contributed by atoms with E-state index in [2.05, 4.69) is 29.3 Å². The number of hydrogen-bond acceptors (Lipinski definition) is 2. The predicted octanol–water partition coefficient (Wildman–Crippen LogP) is 4.08. The van der Waals surface area contributed by atoms with Gasteiger partial charge in [0.1, 0.15) is 0 Å². The number of piperazine rings is 1. The first-order valence-electron chi connectivity index (χ1n) is 7.76. The van der Waals surface area contributed by atoms with Gasteiger partial charge in [-0.05, 0) is 37.3 Å². The van der Waals surface area contributed by atoms with E-state index < -0.39 is 0 Å². The first kappa shape index (κ1) is 15.7. The molecule has 0 radical (unpaired) electrons. The Balaban J connectivity index is 1.62. The first-order chi connectivity index (χ1) is 11.1. The van der Waals surface area contributed by atoms with Crippen molar-refractivity contribution in [2.45, 2.75) is 13.0 Å². The summed E-state index contributed by atoms with van der Waals surface area (Å²) in [5, 5.41) is 3.53. The summed E-state index contributed by atoms with van der Waals surface area (Å²) in [5.74, 6) is 0. The van der Waals surface area contributed by atoms with E-state index in [4.69, 9.17) is 11.6 Å². The van der Waals surface area contributed by atoms with Crippen LogP contribution in [0, 0.1) is 0 Å². The van der Waals surface area contributed by atoms with Crippen molar-refractivity contribution in [1.29, 1.82) is 0 Å². The maximum Gasteiger partial charge on any atom is 0.321 e. The molecule has 0 saturated carbocycles. The molecule has 0 spiro atoms. The van der Waals surface area contributed by atoms with Crippen LogP contribution in [-0.4, -0.2) is 36.6 Å². The number of nitrogens with zero attached hydrogens (tertiary/aromatic N) is 2. The normalized spacial score (nSPS) is 17.9. The molecule has 2 amide bonds. The van der Waals surface area contributed by atoms with Gasteiger partial charge in [-0.2, -0.15) is 0 Å². The molecule has 3 rings (SSSR count). The van der Waals surface area contributed by atoms with Crippen molar-refractivity contribution in [2.75, 3.05) is 29.9 Å². The molecular formula is C18H20ClN3O. The van der Waals surface area contributed by atoms with E-state index >= 15 is 0 Å². The van der Waals surface area contributed by atoms with E-state index in [1.165, 1.54) is 5.69 Å². The maximum atomic E-state index is 12.4. The minimum atomic E-state index is -0.0770. The predicted molar refractivity (Wildman–Crippen MR) is 95.3 cm³/mol. The topological polar surface area (TPSA) is 35.6 Å². The molecule has 1 heterocycles. The molecule has 2 aromatic carbocycles. The molecule has 1 aliphatic heterocycles. The van der Waals surface area contributed by atoms with Gasteiger partial charge >= 0.3 is 6.03 Å². The summed E-state index contributed by atoms with van der Waals surface area (Å²) >= 11 is 5.95. The van der Waals surface area contributed by atoms with E-state index in [-0.39, 0.29) is 12.1 Å². The summed E-state index contributed by atoms with van der Waals surface area (Å²) in [6, 6.07) is 17.7. The summed E-state index contributed by atoms with van der Waals surface area (Å²) in [4.78, 5) is 16.6. The number of benzene rings is 2.